The predicted molar refractivity (Wildman–Crippen MR) is 133 cm³/mol. The quantitative estimate of drug-likeness (QED) is 0.452. The molecule has 32 heavy (non-hydrogen) atoms. The Hall–Kier alpha value is -2.80. The molecule has 2 atom stereocenters. The fourth-order valence-corrected chi connectivity index (χ4v) is 4.43. The molecule has 1 N–H and O–H groups in total. The number of amides is 1. The van der Waals surface area contributed by atoms with Gasteiger partial charge in [-0.05, 0) is 56.5 Å². The van der Waals surface area contributed by atoms with Crippen LogP contribution < -0.4 is 10.2 Å². The molecule has 0 aliphatic rings. The molecule has 3 aromatic rings. The van der Waals surface area contributed by atoms with Gasteiger partial charge in [0.25, 0.3) is 0 Å². The monoisotopic (exact) mass is 451 g/mol. The minimum Gasteiger partial charge on any atom is -0.372 e. The summed E-state index contributed by atoms with van der Waals surface area (Å²) >= 11 is 1.43. The number of hydrogen-bond acceptors (Lipinski definition) is 5. The summed E-state index contributed by atoms with van der Waals surface area (Å²) < 4.78 is 1.95. The Bertz CT molecular complexity index is 999. The lowest BCUT2D eigenvalue weighted by atomic mass is 10.0. The van der Waals surface area contributed by atoms with Gasteiger partial charge in [-0.15, -0.1) is 10.2 Å². The number of carbonyl (C=O) groups is 1. The van der Waals surface area contributed by atoms with Crippen molar-refractivity contribution in [1.82, 2.24) is 20.1 Å². The van der Waals surface area contributed by atoms with Gasteiger partial charge in [0.05, 0.1) is 5.25 Å². The number of benzene rings is 2. The number of aromatic nitrogens is 3. The van der Waals surface area contributed by atoms with Crippen LogP contribution in [0.1, 0.15) is 39.2 Å². The summed E-state index contributed by atoms with van der Waals surface area (Å²) in [7, 11) is 1.94. The van der Waals surface area contributed by atoms with Crippen molar-refractivity contribution in [1.29, 1.82) is 0 Å². The van der Waals surface area contributed by atoms with E-state index in [0.29, 0.717) is 6.54 Å². The molecule has 0 bridgehead atoms. The molecule has 0 aliphatic carbocycles. The highest BCUT2D eigenvalue weighted by molar-refractivity contribution is 8.00. The van der Waals surface area contributed by atoms with Gasteiger partial charge in [-0.25, -0.2) is 0 Å². The van der Waals surface area contributed by atoms with Crippen LogP contribution in [0.2, 0.25) is 0 Å². The van der Waals surface area contributed by atoms with Gasteiger partial charge in [0.1, 0.15) is 0 Å². The van der Waals surface area contributed by atoms with Crippen LogP contribution in [0.3, 0.4) is 0 Å². The van der Waals surface area contributed by atoms with Crippen molar-refractivity contribution in [3.63, 3.8) is 0 Å². The maximum absolute atomic E-state index is 12.6. The summed E-state index contributed by atoms with van der Waals surface area (Å²) in [6.45, 7) is 10.9. The van der Waals surface area contributed by atoms with E-state index in [9.17, 15) is 4.79 Å². The minimum atomic E-state index is -0.265. The molecule has 0 radical (unpaired) electrons. The Morgan fingerprint density at radius 3 is 2.31 bits per heavy atom. The minimum absolute atomic E-state index is 0.00547. The lowest BCUT2D eigenvalue weighted by Gasteiger charge is -2.21. The Morgan fingerprint density at radius 2 is 1.69 bits per heavy atom. The predicted octanol–water partition coefficient (Wildman–Crippen LogP) is 4.73. The Balaban J connectivity index is 1.60. The first kappa shape index (κ1) is 23.9. The number of thioether (sulfide) groups is 1. The standard InChI is InChI=1S/C25H33N5OS/c1-6-30(7-2)22-15-13-21(14-16-22)23-27-28-25(29(23)5)32-19(4)24(31)26-17-18(3)20-11-9-8-10-12-20/h8-16,18-19H,6-7,17H2,1-5H3,(H,26,31). The van der Waals surface area contributed by atoms with Crippen molar-refractivity contribution in [2.75, 3.05) is 24.5 Å². The zero-order chi connectivity index (χ0) is 23.1. The summed E-state index contributed by atoms with van der Waals surface area (Å²) in [4.78, 5) is 14.9. The molecule has 2 aromatic carbocycles. The highest BCUT2D eigenvalue weighted by Crippen LogP contribution is 2.27. The second-order valence-electron chi connectivity index (χ2n) is 7.90. The molecule has 170 valence electrons. The van der Waals surface area contributed by atoms with Gasteiger partial charge in [-0.1, -0.05) is 49.0 Å². The fourth-order valence-electron chi connectivity index (χ4n) is 3.59. The SMILES string of the molecule is CCN(CC)c1ccc(-c2nnc(SC(C)C(=O)NCC(C)c3ccccc3)n2C)cc1. The van der Waals surface area contributed by atoms with E-state index in [2.05, 4.69) is 77.6 Å². The summed E-state index contributed by atoms with van der Waals surface area (Å²) in [6, 6.07) is 18.6. The molecule has 0 spiro atoms. The van der Waals surface area contributed by atoms with E-state index in [0.717, 1.165) is 29.6 Å². The van der Waals surface area contributed by atoms with Crippen LogP contribution in [0.15, 0.2) is 59.8 Å². The average molecular weight is 452 g/mol. The van der Waals surface area contributed by atoms with E-state index in [1.807, 2.05) is 36.7 Å². The number of anilines is 1. The normalized spacial score (nSPS) is 12.9. The Morgan fingerprint density at radius 1 is 1.03 bits per heavy atom. The topological polar surface area (TPSA) is 63.1 Å². The van der Waals surface area contributed by atoms with Gasteiger partial charge in [0.2, 0.25) is 5.91 Å². The van der Waals surface area contributed by atoms with E-state index in [1.165, 1.54) is 23.0 Å². The molecule has 7 heteroatoms. The first-order valence-electron chi connectivity index (χ1n) is 11.2. The van der Waals surface area contributed by atoms with Gasteiger partial charge < -0.3 is 14.8 Å². The number of carbonyl (C=O) groups excluding carboxylic acids is 1. The number of nitrogens with one attached hydrogen (secondary N) is 1. The van der Waals surface area contributed by atoms with Crippen LogP contribution in [0.5, 0.6) is 0 Å². The molecular formula is C25H33N5OS. The number of rotatable bonds is 10. The van der Waals surface area contributed by atoms with E-state index in [1.54, 1.807) is 0 Å². The van der Waals surface area contributed by atoms with Gasteiger partial charge in [-0.2, -0.15) is 0 Å². The molecule has 1 aromatic heterocycles. The molecule has 1 amide bonds. The van der Waals surface area contributed by atoms with Crippen molar-refractivity contribution in [2.45, 2.75) is 44.0 Å². The third-order valence-electron chi connectivity index (χ3n) is 5.69. The fraction of sp³-hybridized carbons (Fsp3) is 0.400. The largest absolute Gasteiger partial charge is 0.372 e. The van der Waals surface area contributed by atoms with Crippen molar-refractivity contribution >= 4 is 23.4 Å². The Labute approximate surface area is 195 Å². The Kier molecular flexibility index (Phi) is 8.33. The summed E-state index contributed by atoms with van der Waals surface area (Å²) in [5.74, 6) is 1.06. The van der Waals surface area contributed by atoms with Crippen molar-refractivity contribution in [2.24, 2.45) is 7.05 Å². The zero-order valence-electron chi connectivity index (χ0n) is 19.6. The van der Waals surface area contributed by atoms with Crippen molar-refractivity contribution in [3.05, 3.63) is 60.2 Å². The highest BCUT2D eigenvalue weighted by atomic mass is 32.2. The van der Waals surface area contributed by atoms with Crippen LogP contribution in [0, 0.1) is 0 Å². The molecule has 3 rings (SSSR count). The van der Waals surface area contributed by atoms with Crippen LogP contribution >= 0.6 is 11.8 Å². The summed E-state index contributed by atoms with van der Waals surface area (Å²) in [6.07, 6.45) is 0. The first-order chi connectivity index (χ1) is 15.4. The molecular weight excluding hydrogens is 418 g/mol. The van der Waals surface area contributed by atoms with Gasteiger partial charge in [-0.3, -0.25) is 4.79 Å². The van der Waals surface area contributed by atoms with Crippen LogP contribution in [-0.2, 0) is 11.8 Å². The lowest BCUT2D eigenvalue weighted by Crippen LogP contribution is -2.33. The summed E-state index contributed by atoms with van der Waals surface area (Å²) in [5, 5.41) is 12.2. The van der Waals surface area contributed by atoms with Crippen molar-refractivity contribution < 1.29 is 4.79 Å². The molecule has 6 nitrogen and oxygen atoms in total. The maximum Gasteiger partial charge on any atom is 0.233 e. The first-order valence-corrected chi connectivity index (χ1v) is 12.1. The highest BCUT2D eigenvalue weighted by Gasteiger charge is 2.20. The van der Waals surface area contributed by atoms with E-state index < -0.39 is 0 Å². The molecule has 0 aliphatic heterocycles. The average Bonchev–Trinajstić information content (AvgIpc) is 3.18. The molecule has 0 fully saturated rings. The van der Waals surface area contributed by atoms with Gasteiger partial charge in [0.15, 0.2) is 11.0 Å². The van der Waals surface area contributed by atoms with E-state index in [4.69, 9.17) is 0 Å². The lowest BCUT2D eigenvalue weighted by molar-refractivity contribution is -0.120. The zero-order valence-corrected chi connectivity index (χ0v) is 20.4. The van der Waals surface area contributed by atoms with E-state index in [-0.39, 0.29) is 17.1 Å². The summed E-state index contributed by atoms with van der Waals surface area (Å²) in [5.41, 5.74) is 3.43. The molecule has 0 saturated heterocycles. The third-order valence-corrected chi connectivity index (χ3v) is 6.83. The van der Waals surface area contributed by atoms with E-state index >= 15 is 0 Å². The second kappa shape index (κ2) is 11.2. The van der Waals surface area contributed by atoms with Crippen molar-refractivity contribution in [3.8, 4) is 11.4 Å². The molecule has 1 heterocycles. The second-order valence-corrected chi connectivity index (χ2v) is 9.21. The van der Waals surface area contributed by atoms with Crippen LogP contribution in [0.25, 0.3) is 11.4 Å². The molecule has 2 unspecified atom stereocenters. The van der Waals surface area contributed by atoms with Gasteiger partial charge in [0, 0.05) is 37.9 Å². The van der Waals surface area contributed by atoms with Crippen LogP contribution in [0.4, 0.5) is 5.69 Å². The smallest absolute Gasteiger partial charge is 0.233 e. The van der Waals surface area contributed by atoms with Gasteiger partial charge >= 0.3 is 0 Å². The number of nitrogens with zero attached hydrogens (tertiary/aromatic N) is 4. The maximum atomic E-state index is 12.6. The molecule has 0 saturated carbocycles. The number of hydrogen-bond donors (Lipinski definition) is 1. The third kappa shape index (κ3) is 5.71. The van der Waals surface area contributed by atoms with Crippen LogP contribution in [-0.4, -0.2) is 45.6 Å².